The third-order valence-corrected chi connectivity index (χ3v) is 5.36. The van der Waals surface area contributed by atoms with E-state index >= 15 is 0 Å². The first-order chi connectivity index (χ1) is 14.5. The lowest BCUT2D eigenvalue weighted by atomic mass is 10.1. The van der Waals surface area contributed by atoms with Gasteiger partial charge in [-0.2, -0.15) is 10.2 Å². The van der Waals surface area contributed by atoms with E-state index in [1.54, 1.807) is 26.4 Å². The summed E-state index contributed by atoms with van der Waals surface area (Å²) in [6.45, 7) is 2.45. The predicted octanol–water partition coefficient (Wildman–Crippen LogP) is 2.25. The summed E-state index contributed by atoms with van der Waals surface area (Å²) in [7, 11) is 3.28. The van der Waals surface area contributed by atoms with Crippen LogP contribution in [0.15, 0.2) is 41.3 Å². The average Bonchev–Trinajstić information content (AvgIpc) is 3.54. The van der Waals surface area contributed by atoms with Crippen LogP contribution in [0, 0.1) is 12.8 Å². The molecule has 2 atom stereocenters. The molecule has 4 rings (SSSR count). The number of hydrogen-bond donors (Lipinski definition) is 0. The Morgan fingerprint density at radius 1 is 1.17 bits per heavy atom. The molecule has 0 amide bonds. The van der Waals surface area contributed by atoms with Crippen LogP contribution in [0.4, 0.5) is 0 Å². The summed E-state index contributed by atoms with van der Waals surface area (Å²) in [5.74, 6) is 2.01. The molecule has 0 radical (unpaired) electrons. The molecule has 0 bridgehead atoms. The molecule has 0 aromatic carbocycles. The number of nitrogens with zero attached hydrogens (tertiary/aromatic N) is 5. The number of methoxy groups -OCH3 is 1. The summed E-state index contributed by atoms with van der Waals surface area (Å²) < 4.78 is 12.4. The Labute approximate surface area is 174 Å². The second-order valence-electron chi connectivity index (χ2n) is 7.64. The molecular formula is C22H25N5O3. The van der Waals surface area contributed by atoms with E-state index < -0.39 is 0 Å². The molecule has 1 saturated carbocycles. The van der Waals surface area contributed by atoms with Crippen molar-refractivity contribution in [2.75, 3.05) is 13.7 Å². The Morgan fingerprint density at radius 3 is 2.73 bits per heavy atom. The number of ether oxygens (including phenoxy) is 2. The van der Waals surface area contributed by atoms with Gasteiger partial charge in [0.1, 0.15) is 5.75 Å². The molecular weight excluding hydrogens is 382 g/mol. The van der Waals surface area contributed by atoms with E-state index in [4.69, 9.17) is 9.47 Å². The molecule has 0 aliphatic heterocycles. The van der Waals surface area contributed by atoms with Gasteiger partial charge in [0.25, 0.3) is 5.56 Å². The van der Waals surface area contributed by atoms with Crippen LogP contribution in [0.5, 0.6) is 11.6 Å². The van der Waals surface area contributed by atoms with E-state index in [2.05, 4.69) is 20.3 Å². The number of aryl methyl sites for hydroxylation is 4. The average molecular weight is 407 g/mol. The standard InChI is InChI=1S/C22H25N5O3/c1-14-4-6-17(25-24-14)7-5-15-11-21(26-27(2)22(15)28)30-13-16-10-19(16)20-9-8-18(29-3)12-23-20/h4,6,8-9,11-12,16,19H,5,7,10,13H2,1-3H3/t16-,19+/m1/s1. The van der Waals surface area contributed by atoms with Gasteiger partial charge in [-0.3, -0.25) is 9.78 Å². The summed E-state index contributed by atoms with van der Waals surface area (Å²) >= 11 is 0. The van der Waals surface area contributed by atoms with Crippen LogP contribution in [-0.4, -0.2) is 38.7 Å². The minimum absolute atomic E-state index is 0.117. The van der Waals surface area contributed by atoms with E-state index in [1.807, 2.05) is 31.2 Å². The lowest BCUT2D eigenvalue weighted by Crippen LogP contribution is -2.24. The molecule has 156 valence electrons. The Morgan fingerprint density at radius 2 is 2.03 bits per heavy atom. The van der Waals surface area contributed by atoms with Crippen molar-refractivity contribution in [2.24, 2.45) is 13.0 Å². The molecule has 1 aliphatic rings. The number of pyridine rings is 1. The fourth-order valence-electron chi connectivity index (χ4n) is 3.43. The zero-order chi connectivity index (χ0) is 21.1. The smallest absolute Gasteiger partial charge is 0.269 e. The van der Waals surface area contributed by atoms with Crippen molar-refractivity contribution in [3.05, 3.63) is 69.5 Å². The molecule has 8 heteroatoms. The van der Waals surface area contributed by atoms with Gasteiger partial charge in [0.2, 0.25) is 5.88 Å². The van der Waals surface area contributed by atoms with E-state index in [-0.39, 0.29) is 5.56 Å². The first-order valence-electron chi connectivity index (χ1n) is 10.0. The van der Waals surface area contributed by atoms with Crippen molar-refractivity contribution < 1.29 is 9.47 Å². The van der Waals surface area contributed by atoms with Crippen LogP contribution in [0.2, 0.25) is 0 Å². The van der Waals surface area contributed by atoms with E-state index in [9.17, 15) is 4.79 Å². The molecule has 1 aliphatic carbocycles. The largest absolute Gasteiger partial charge is 0.495 e. The Hall–Kier alpha value is -3.29. The van der Waals surface area contributed by atoms with Crippen LogP contribution in [0.3, 0.4) is 0 Å². The molecule has 3 aromatic heterocycles. The zero-order valence-electron chi connectivity index (χ0n) is 17.4. The van der Waals surface area contributed by atoms with Gasteiger partial charge in [-0.05, 0) is 50.5 Å². The van der Waals surface area contributed by atoms with E-state index in [0.29, 0.717) is 42.7 Å². The predicted molar refractivity (Wildman–Crippen MR) is 111 cm³/mol. The second-order valence-corrected chi connectivity index (χ2v) is 7.64. The highest BCUT2D eigenvalue weighted by Crippen LogP contribution is 2.46. The number of rotatable bonds is 8. The molecule has 0 saturated heterocycles. The Bertz CT molecular complexity index is 1060. The molecule has 30 heavy (non-hydrogen) atoms. The van der Waals surface area contributed by atoms with Crippen molar-refractivity contribution >= 4 is 0 Å². The minimum Gasteiger partial charge on any atom is -0.495 e. The summed E-state index contributed by atoms with van der Waals surface area (Å²) in [4.78, 5) is 16.9. The highest BCUT2D eigenvalue weighted by molar-refractivity contribution is 5.25. The summed E-state index contributed by atoms with van der Waals surface area (Å²) in [5.41, 5.74) is 3.33. The quantitative estimate of drug-likeness (QED) is 0.565. The maximum Gasteiger partial charge on any atom is 0.269 e. The maximum atomic E-state index is 12.4. The molecule has 0 unspecified atom stereocenters. The molecule has 3 aromatic rings. The van der Waals surface area contributed by atoms with Gasteiger partial charge < -0.3 is 9.47 Å². The van der Waals surface area contributed by atoms with Crippen molar-refractivity contribution in [1.29, 1.82) is 0 Å². The van der Waals surface area contributed by atoms with Gasteiger partial charge in [0.15, 0.2) is 0 Å². The summed E-state index contributed by atoms with van der Waals surface area (Å²) in [5, 5.41) is 12.5. The van der Waals surface area contributed by atoms with Crippen LogP contribution in [0.1, 0.15) is 35.0 Å². The summed E-state index contributed by atoms with van der Waals surface area (Å²) in [6.07, 6.45) is 3.97. The normalized spacial score (nSPS) is 17.6. The van der Waals surface area contributed by atoms with E-state index in [1.165, 1.54) is 4.68 Å². The fraction of sp³-hybridized carbons (Fsp3) is 0.409. The van der Waals surface area contributed by atoms with Crippen molar-refractivity contribution in [1.82, 2.24) is 25.0 Å². The van der Waals surface area contributed by atoms with Crippen molar-refractivity contribution in [2.45, 2.75) is 32.1 Å². The van der Waals surface area contributed by atoms with E-state index in [0.717, 1.165) is 29.3 Å². The van der Waals surface area contributed by atoms with Gasteiger partial charge in [0.05, 0.1) is 31.3 Å². The lowest BCUT2D eigenvalue weighted by molar-refractivity contribution is 0.277. The van der Waals surface area contributed by atoms with Gasteiger partial charge in [-0.15, -0.1) is 5.10 Å². The topological polar surface area (TPSA) is 92.0 Å². The van der Waals surface area contributed by atoms with Crippen LogP contribution >= 0.6 is 0 Å². The Kier molecular flexibility index (Phi) is 5.74. The second kappa shape index (κ2) is 8.61. The summed E-state index contributed by atoms with van der Waals surface area (Å²) in [6, 6.07) is 9.53. The van der Waals surface area contributed by atoms with Gasteiger partial charge >= 0.3 is 0 Å². The third-order valence-electron chi connectivity index (χ3n) is 5.36. The van der Waals surface area contributed by atoms with Gasteiger partial charge in [-0.25, -0.2) is 4.68 Å². The maximum absolute atomic E-state index is 12.4. The lowest BCUT2D eigenvalue weighted by Gasteiger charge is -2.09. The first-order valence-corrected chi connectivity index (χ1v) is 10.0. The highest BCUT2D eigenvalue weighted by Gasteiger charge is 2.40. The molecule has 3 heterocycles. The molecule has 8 nitrogen and oxygen atoms in total. The number of aromatic nitrogens is 5. The monoisotopic (exact) mass is 407 g/mol. The first kappa shape index (κ1) is 20.0. The van der Waals surface area contributed by atoms with Crippen molar-refractivity contribution in [3.63, 3.8) is 0 Å². The van der Waals surface area contributed by atoms with Gasteiger partial charge in [-0.1, -0.05) is 0 Å². The van der Waals surface area contributed by atoms with Crippen molar-refractivity contribution in [3.8, 4) is 11.6 Å². The minimum atomic E-state index is -0.117. The Balaban J connectivity index is 1.36. The molecule has 1 fully saturated rings. The van der Waals surface area contributed by atoms with Crippen LogP contribution < -0.4 is 15.0 Å². The van der Waals surface area contributed by atoms with Crippen LogP contribution in [-0.2, 0) is 19.9 Å². The number of hydrogen-bond acceptors (Lipinski definition) is 7. The third kappa shape index (κ3) is 4.64. The van der Waals surface area contributed by atoms with Gasteiger partial charge in [0, 0.05) is 36.2 Å². The molecule has 0 N–H and O–H groups in total. The highest BCUT2D eigenvalue weighted by atomic mass is 16.5. The SMILES string of the molecule is COc1ccc([C@H]2C[C@@H]2COc2cc(CCc3ccc(C)nn3)c(=O)n(C)n2)nc1. The fourth-order valence-corrected chi connectivity index (χ4v) is 3.43. The molecule has 0 spiro atoms. The zero-order valence-corrected chi connectivity index (χ0v) is 17.4. The van der Waals surface area contributed by atoms with Crippen LogP contribution in [0.25, 0.3) is 0 Å².